The number of nitrogens with zero attached hydrogens (tertiary/aromatic N) is 3. The number of imidazole rings is 1. The van der Waals surface area contributed by atoms with Crippen LogP contribution in [0, 0.1) is 6.92 Å². The standard InChI is InChI=1S/C24H31N3O3.H2S/c1-5-29-15-17(3)27-22-13-19(20-12-16(2)24(28)26(4)14-20)6-7-21(22)25-23(27)18-8-10-30-11-9-18;/h6-7,12-14,17-18H,5,8-11,15H2,1-4H3;1H2/t17-;/m0./s1. The van der Waals surface area contributed by atoms with E-state index in [9.17, 15) is 4.79 Å². The zero-order valence-corrected chi connectivity index (χ0v) is 19.9. The fraction of sp³-hybridized carbons (Fsp3) is 0.500. The molecule has 1 aliphatic heterocycles. The van der Waals surface area contributed by atoms with Gasteiger partial charge in [0, 0.05) is 44.5 Å². The molecule has 6 nitrogen and oxygen atoms in total. The average molecular weight is 444 g/mol. The SMILES string of the molecule is CCOC[C@H](C)n1c(C2CCOCC2)nc2ccc(-c3cc(C)c(=O)n(C)c3)cc21.S. The fourth-order valence-electron chi connectivity index (χ4n) is 4.40. The number of hydrogen-bond acceptors (Lipinski definition) is 4. The van der Waals surface area contributed by atoms with E-state index in [-0.39, 0.29) is 25.1 Å². The molecule has 2 aromatic heterocycles. The molecule has 1 saturated heterocycles. The van der Waals surface area contributed by atoms with Crippen molar-refractivity contribution >= 4 is 24.5 Å². The van der Waals surface area contributed by atoms with E-state index in [0.717, 1.165) is 59.6 Å². The van der Waals surface area contributed by atoms with Crippen molar-refractivity contribution in [3.05, 3.63) is 52.2 Å². The van der Waals surface area contributed by atoms with Crippen LogP contribution < -0.4 is 5.56 Å². The summed E-state index contributed by atoms with van der Waals surface area (Å²) in [6.45, 7) is 9.02. The van der Waals surface area contributed by atoms with Gasteiger partial charge in [-0.1, -0.05) is 6.07 Å². The smallest absolute Gasteiger partial charge is 0.253 e. The predicted octanol–water partition coefficient (Wildman–Crippen LogP) is 4.31. The molecule has 31 heavy (non-hydrogen) atoms. The molecular formula is C24H33N3O3S. The minimum absolute atomic E-state index is 0. The van der Waals surface area contributed by atoms with Crippen molar-refractivity contribution in [1.82, 2.24) is 14.1 Å². The van der Waals surface area contributed by atoms with Gasteiger partial charge in [-0.25, -0.2) is 4.98 Å². The maximum absolute atomic E-state index is 12.1. The van der Waals surface area contributed by atoms with Gasteiger partial charge in [-0.15, -0.1) is 0 Å². The van der Waals surface area contributed by atoms with Crippen molar-refractivity contribution < 1.29 is 9.47 Å². The van der Waals surface area contributed by atoms with Crippen molar-refractivity contribution in [1.29, 1.82) is 0 Å². The summed E-state index contributed by atoms with van der Waals surface area (Å²) >= 11 is 0. The van der Waals surface area contributed by atoms with Gasteiger partial charge in [0.2, 0.25) is 0 Å². The number of fused-ring (bicyclic) bond motifs is 1. The highest BCUT2D eigenvalue weighted by Gasteiger charge is 2.25. The Hall–Kier alpha value is -2.09. The van der Waals surface area contributed by atoms with E-state index in [0.29, 0.717) is 19.1 Å². The van der Waals surface area contributed by atoms with Crippen LogP contribution in [-0.4, -0.2) is 40.5 Å². The fourth-order valence-corrected chi connectivity index (χ4v) is 4.40. The average Bonchev–Trinajstić information content (AvgIpc) is 3.15. The Morgan fingerprint density at radius 1 is 1.23 bits per heavy atom. The molecule has 7 heteroatoms. The molecule has 0 aliphatic carbocycles. The second-order valence-electron chi connectivity index (χ2n) is 8.27. The van der Waals surface area contributed by atoms with Crippen molar-refractivity contribution in [2.45, 2.75) is 45.6 Å². The lowest BCUT2D eigenvalue weighted by Gasteiger charge is -2.25. The van der Waals surface area contributed by atoms with Crippen LogP contribution in [0.25, 0.3) is 22.2 Å². The van der Waals surface area contributed by atoms with Crippen LogP contribution in [0.1, 0.15) is 50.0 Å². The third kappa shape index (κ3) is 4.73. The van der Waals surface area contributed by atoms with Gasteiger partial charge in [-0.2, -0.15) is 13.5 Å². The van der Waals surface area contributed by atoms with E-state index in [1.165, 1.54) is 0 Å². The van der Waals surface area contributed by atoms with Crippen molar-refractivity contribution in [2.75, 3.05) is 26.4 Å². The monoisotopic (exact) mass is 443 g/mol. The first-order chi connectivity index (χ1) is 14.5. The Morgan fingerprint density at radius 3 is 2.65 bits per heavy atom. The summed E-state index contributed by atoms with van der Waals surface area (Å²) in [5, 5.41) is 0. The molecule has 0 unspecified atom stereocenters. The van der Waals surface area contributed by atoms with Crippen molar-refractivity contribution in [2.24, 2.45) is 7.05 Å². The number of pyridine rings is 1. The molecular weight excluding hydrogens is 410 g/mol. The van der Waals surface area contributed by atoms with Crippen LogP contribution >= 0.6 is 13.5 Å². The van der Waals surface area contributed by atoms with Gasteiger partial charge in [0.1, 0.15) is 5.82 Å². The molecule has 3 heterocycles. The first kappa shape index (κ1) is 23.6. The normalized spacial score (nSPS) is 15.7. The van der Waals surface area contributed by atoms with Gasteiger partial charge in [-0.3, -0.25) is 4.79 Å². The molecule has 4 rings (SSSR count). The van der Waals surface area contributed by atoms with Gasteiger partial charge in [0.25, 0.3) is 5.56 Å². The van der Waals surface area contributed by atoms with E-state index in [2.05, 4.69) is 29.7 Å². The lowest BCUT2D eigenvalue weighted by atomic mass is 9.99. The number of rotatable bonds is 6. The Morgan fingerprint density at radius 2 is 1.97 bits per heavy atom. The maximum Gasteiger partial charge on any atom is 0.253 e. The van der Waals surface area contributed by atoms with Gasteiger partial charge in [0.15, 0.2) is 0 Å². The topological polar surface area (TPSA) is 58.3 Å². The van der Waals surface area contributed by atoms with Crippen molar-refractivity contribution in [3.8, 4) is 11.1 Å². The van der Waals surface area contributed by atoms with Crippen LogP contribution in [0.15, 0.2) is 35.3 Å². The number of benzene rings is 1. The van der Waals surface area contributed by atoms with E-state index in [1.54, 1.807) is 11.6 Å². The third-order valence-electron chi connectivity index (χ3n) is 6.00. The van der Waals surface area contributed by atoms with E-state index >= 15 is 0 Å². The highest BCUT2D eigenvalue weighted by Crippen LogP contribution is 2.34. The molecule has 1 atom stereocenters. The summed E-state index contributed by atoms with van der Waals surface area (Å²) in [5.74, 6) is 1.53. The van der Waals surface area contributed by atoms with E-state index in [4.69, 9.17) is 14.5 Å². The lowest BCUT2D eigenvalue weighted by Crippen LogP contribution is -2.21. The first-order valence-electron chi connectivity index (χ1n) is 10.8. The summed E-state index contributed by atoms with van der Waals surface area (Å²) in [6, 6.07) is 8.54. The molecule has 1 fully saturated rings. The minimum atomic E-state index is 0. The molecule has 0 N–H and O–H groups in total. The lowest BCUT2D eigenvalue weighted by molar-refractivity contribution is 0.0807. The molecule has 0 bridgehead atoms. The second-order valence-corrected chi connectivity index (χ2v) is 8.27. The number of ether oxygens (including phenoxy) is 2. The second kappa shape index (κ2) is 10.0. The van der Waals surface area contributed by atoms with Crippen LogP contribution in [0.4, 0.5) is 0 Å². The Kier molecular flexibility index (Phi) is 7.62. The third-order valence-corrected chi connectivity index (χ3v) is 6.00. The number of aromatic nitrogens is 3. The summed E-state index contributed by atoms with van der Waals surface area (Å²) in [7, 11) is 1.80. The van der Waals surface area contributed by atoms with Crippen molar-refractivity contribution in [3.63, 3.8) is 0 Å². The van der Waals surface area contributed by atoms with Crippen LogP contribution in [0.3, 0.4) is 0 Å². The number of hydrogen-bond donors (Lipinski definition) is 0. The van der Waals surface area contributed by atoms with E-state index < -0.39 is 0 Å². The Balaban J connectivity index is 0.00000272. The van der Waals surface area contributed by atoms with Gasteiger partial charge >= 0.3 is 0 Å². The van der Waals surface area contributed by atoms with Gasteiger partial charge in [0.05, 0.1) is 23.7 Å². The summed E-state index contributed by atoms with van der Waals surface area (Å²) in [5.41, 5.74) is 5.03. The summed E-state index contributed by atoms with van der Waals surface area (Å²) < 4.78 is 15.3. The molecule has 0 amide bonds. The van der Waals surface area contributed by atoms with Crippen LogP contribution in [0.2, 0.25) is 0 Å². The molecule has 3 aromatic rings. The quantitative estimate of drug-likeness (QED) is 0.569. The summed E-state index contributed by atoms with van der Waals surface area (Å²) in [6.07, 6.45) is 3.90. The molecule has 0 saturated carbocycles. The van der Waals surface area contributed by atoms with Gasteiger partial charge in [-0.05, 0) is 62.9 Å². The van der Waals surface area contributed by atoms with Crippen LogP contribution in [-0.2, 0) is 16.5 Å². The maximum atomic E-state index is 12.1. The first-order valence-corrected chi connectivity index (χ1v) is 10.8. The van der Waals surface area contributed by atoms with Gasteiger partial charge < -0.3 is 18.6 Å². The highest BCUT2D eigenvalue weighted by molar-refractivity contribution is 7.59. The Bertz CT molecular complexity index is 1070. The zero-order valence-electron chi connectivity index (χ0n) is 18.9. The minimum Gasteiger partial charge on any atom is -0.381 e. The Labute approximate surface area is 190 Å². The highest BCUT2D eigenvalue weighted by atomic mass is 32.1. The largest absolute Gasteiger partial charge is 0.381 e. The molecule has 1 aliphatic rings. The summed E-state index contributed by atoms with van der Waals surface area (Å²) in [4.78, 5) is 17.2. The molecule has 168 valence electrons. The number of aryl methyl sites for hydroxylation is 2. The molecule has 0 radical (unpaired) electrons. The van der Waals surface area contributed by atoms with Crippen LogP contribution in [0.5, 0.6) is 0 Å². The molecule has 1 aromatic carbocycles. The molecule has 0 spiro atoms. The predicted molar refractivity (Wildman–Crippen MR) is 130 cm³/mol. The zero-order chi connectivity index (χ0) is 21.3. The van der Waals surface area contributed by atoms with E-state index in [1.807, 2.05) is 26.1 Å².